The molecule has 5 heteroatoms. The second kappa shape index (κ2) is 4.16. The number of hydrogen-bond acceptors (Lipinski definition) is 5. The molecule has 0 fully saturated rings. The fourth-order valence-electron chi connectivity index (χ4n) is 1.72. The lowest BCUT2D eigenvalue weighted by Gasteiger charge is -1.95. The van der Waals surface area contributed by atoms with Crippen LogP contribution in [0.5, 0.6) is 0 Å². The summed E-state index contributed by atoms with van der Waals surface area (Å²) in [5.41, 5.74) is 3.71. The normalized spacial score (nSPS) is 11.2. The number of rotatable bonds is 2. The number of aromatic nitrogens is 2. The van der Waals surface area contributed by atoms with Gasteiger partial charge in [-0.05, 0) is 12.1 Å². The van der Waals surface area contributed by atoms with Crippen LogP contribution in [0.25, 0.3) is 22.4 Å². The van der Waals surface area contributed by atoms with Gasteiger partial charge in [-0.25, -0.2) is 9.97 Å². The Morgan fingerprint density at radius 3 is 3.00 bits per heavy atom. The van der Waals surface area contributed by atoms with Gasteiger partial charge in [0, 0.05) is 23.6 Å². The van der Waals surface area contributed by atoms with Gasteiger partial charge >= 0.3 is 0 Å². The van der Waals surface area contributed by atoms with Gasteiger partial charge in [0.1, 0.15) is 10.5 Å². The standard InChI is InChI=1S/C12H10N2OS2/c1-7-13-9-3-2-8(4-11(9)15-7)10-6-17-12(5-16)14-10/h2-4,6,16H,5H2,1H3. The number of nitrogens with zero attached hydrogens (tertiary/aromatic N) is 2. The van der Waals surface area contributed by atoms with Crippen LogP contribution in [-0.4, -0.2) is 9.97 Å². The second-order valence-corrected chi connectivity index (χ2v) is 4.96. The third kappa shape index (κ3) is 1.96. The number of thiol groups is 1. The van der Waals surface area contributed by atoms with Gasteiger partial charge in [-0.2, -0.15) is 12.6 Å². The first-order valence-electron chi connectivity index (χ1n) is 5.19. The Balaban J connectivity index is 2.10. The van der Waals surface area contributed by atoms with Crippen molar-refractivity contribution in [1.29, 1.82) is 0 Å². The van der Waals surface area contributed by atoms with E-state index in [0.717, 1.165) is 27.4 Å². The maximum atomic E-state index is 5.51. The summed E-state index contributed by atoms with van der Waals surface area (Å²) >= 11 is 5.84. The Kier molecular flexibility index (Phi) is 2.64. The van der Waals surface area contributed by atoms with Crippen LogP contribution in [0.2, 0.25) is 0 Å². The Bertz CT molecular complexity index is 672. The van der Waals surface area contributed by atoms with E-state index in [0.29, 0.717) is 11.6 Å². The molecular weight excluding hydrogens is 252 g/mol. The van der Waals surface area contributed by atoms with Gasteiger partial charge in [-0.3, -0.25) is 0 Å². The zero-order valence-corrected chi connectivity index (χ0v) is 10.9. The third-order valence-electron chi connectivity index (χ3n) is 2.48. The molecule has 0 radical (unpaired) electrons. The largest absolute Gasteiger partial charge is 0.441 e. The highest BCUT2D eigenvalue weighted by Crippen LogP contribution is 2.26. The average Bonchev–Trinajstić information content (AvgIpc) is 2.92. The van der Waals surface area contributed by atoms with E-state index in [-0.39, 0.29) is 0 Å². The summed E-state index contributed by atoms with van der Waals surface area (Å²) in [6, 6.07) is 5.95. The van der Waals surface area contributed by atoms with Crippen molar-refractivity contribution in [3.05, 3.63) is 34.5 Å². The summed E-state index contributed by atoms with van der Waals surface area (Å²) in [7, 11) is 0. The molecule has 2 aromatic heterocycles. The fraction of sp³-hybridized carbons (Fsp3) is 0.167. The number of aryl methyl sites for hydroxylation is 1. The molecule has 0 saturated carbocycles. The molecule has 0 aliphatic carbocycles. The molecule has 3 aromatic rings. The topological polar surface area (TPSA) is 38.9 Å². The number of hydrogen-bond donors (Lipinski definition) is 1. The summed E-state index contributed by atoms with van der Waals surface area (Å²) in [6.07, 6.45) is 0. The molecule has 17 heavy (non-hydrogen) atoms. The minimum absolute atomic E-state index is 0.675. The van der Waals surface area contributed by atoms with E-state index in [4.69, 9.17) is 4.42 Å². The van der Waals surface area contributed by atoms with Gasteiger partial charge in [0.25, 0.3) is 0 Å². The predicted molar refractivity (Wildman–Crippen MR) is 72.5 cm³/mol. The summed E-state index contributed by atoms with van der Waals surface area (Å²) < 4.78 is 5.51. The quantitative estimate of drug-likeness (QED) is 0.716. The van der Waals surface area contributed by atoms with E-state index in [1.807, 2.05) is 30.5 Å². The number of oxazole rings is 1. The van der Waals surface area contributed by atoms with Crippen LogP contribution >= 0.6 is 24.0 Å². The zero-order valence-electron chi connectivity index (χ0n) is 9.17. The SMILES string of the molecule is Cc1nc2ccc(-c3csc(CS)n3)cc2o1. The zero-order chi connectivity index (χ0) is 11.8. The molecule has 0 N–H and O–H groups in total. The van der Waals surface area contributed by atoms with Crippen LogP contribution in [-0.2, 0) is 5.75 Å². The molecule has 0 atom stereocenters. The molecule has 86 valence electrons. The van der Waals surface area contributed by atoms with Crippen molar-refractivity contribution in [3.63, 3.8) is 0 Å². The number of fused-ring (bicyclic) bond motifs is 1. The number of benzene rings is 1. The van der Waals surface area contributed by atoms with E-state index in [9.17, 15) is 0 Å². The van der Waals surface area contributed by atoms with Crippen molar-refractivity contribution in [2.75, 3.05) is 0 Å². The highest BCUT2D eigenvalue weighted by molar-refractivity contribution is 7.79. The molecular formula is C12H10N2OS2. The van der Waals surface area contributed by atoms with Crippen LogP contribution < -0.4 is 0 Å². The van der Waals surface area contributed by atoms with E-state index in [1.165, 1.54) is 0 Å². The molecule has 0 aliphatic rings. The molecule has 0 saturated heterocycles. The molecule has 0 bridgehead atoms. The Morgan fingerprint density at radius 1 is 1.35 bits per heavy atom. The summed E-state index contributed by atoms with van der Waals surface area (Å²) in [6.45, 7) is 1.85. The molecule has 0 aliphatic heterocycles. The van der Waals surface area contributed by atoms with Crippen molar-refractivity contribution in [3.8, 4) is 11.3 Å². The van der Waals surface area contributed by atoms with E-state index >= 15 is 0 Å². The van der Waals surface area contributed by atoms with Crippen molar-refractivity contribution in [2.45, 2.75) is 12.7 Å². The minimum atomic E-state index is 0.675. The maximum Gasteiger partial charge on any atom is 0.192 e. The molecule has 2 heterocycles. The molecule has 1 aromatic carbocycles. The summed E-state index contributed by atoms with van der Waals surface area (Å²) in [5, 5.41) is 3.06. The molecule has 3 rings (SSSR count). The van der Waals surface area contributed by atoms with Gasteiger partial charge in [0.15, 0.2) is 11.5 Å². The second-order valence-electron chi connectivity index (χ2n) is 3.70. The van der Waals surface area contributed by atoms with E-state index in [2.05, 4.69) is 22.6 Å². The van der Waals surface area contributed by atoms with Gasteiger partial charge in [-0.1, -0.05) is 6.07 Å². The van der Waals surface area contributed by atoms with E-state index < -0.39 is 0 Å². The molecule has 0 amide bonds. The third-order valence-corrected chi connectivity index (χ3v) is 3.84. The Labute approximate surface area is 108 Å². The predicted octanol–water partition coefficient (Wildman–Crippen LogP) is 3.69. The van der Waals surface area contributed by atoms with Crippen molar-refractivity contribution in [1.82, 2.24) is 9.97 Å². The monoisotopic (exact) mass is 262 g/mol. The summed E-state index contributed by atoms with van der Waals surface area (Å²) in [4.78, 5) is 8.77. The first kappa shape index (κ1) is 10.8. The van der Waals surface area contributed by atoms with Crippen LogP contribution in [0, 0.1) is 6.92 Å². The number of thiazole rings is 1. The van der Waals surface area contributed by atoms with Gasteiger partial charge in [-0.15, -0.1) is 11.3 Å². The van der Waals surface area contributed by atoms with E-state index in [1.54, 1.807) is 11.3 Å². The summed E-state index contributed by atoms with van der Waals surface area (Å²) in [5.74, 6) is 1.36. The van der Waals surface area contributed by atoms with Crippen molar-refractivity contribution < 1.29 is 4.42 Å². The fourth-order valence-corrected chi connectivity index (χ4v) is 2.67. The van der Waals surface area contributed by atoms with Gasteiger partial charge < -0.3 is 4.42 Å². The lowest BCUT2D eigenvalue weighted by Crippen LogP contribution is -1.79. The van der Waals surface area contributed by atoms with Crippen molar-refractivity contribution in [2.24, 2.45) is 0 Å². The maximum absolute atomic E-state index is 5.51. The van der Waals surface area contributed by atoms with Crippen LogP contribution in [0.3, 0.4) is 0 Å². The van der Waals surface area contributed by atoms with Crippen molar-refractivity contribution >= 4 is 35.1 Å². The highest BCUT2D eigenvalue weighted by Gasteiger charge is 2.07. The molecule has 3 nitrogen and oxygen atoms in total. The first-order valence-corrected chi connectivity index (χ1v) is 6.70. The lowest BCUT2D eigenvalue weighted by atomic mass is 10.1. The lowest BCUT2D eigenvalue weighted by molar-refractivity contribution is 0.561. The van der Waals surface area contributed by atoms with Gasteiger partial charge in [0.2, 0.25) is 0 Å². The smallest absolute Gasteiger partial charge is 0.192 e. The first-order chi connectivity index (χ1) is 8.26. The molecule has 0 spiro atoms. The van der Waals surface area contributed by atoms with Gasteiger partial charge in [0.05, 0.1) is 5.69 Å². The molecule has 0 unspecified atom stereocenters. The minimum Gasteiger partial charge on any atom is -0.441 e. The van der Waals surface area contributed by atoms with Crippen LogP contribution in [0.4, 0.5) is 0 Å². The van der Waals surface area contributed by atoms with Crippen LogP contribution in [0.1, 0.15) is 10.9 Å². The Hall–Kier alpha value is -1.33. The van der Waals surface area contributed by atoms with Crippen LogP contribution in [0.15, 0.2) is 28.0 Å². The highest BCUT2D eigenvalue weighted by atomic mass is 32.1. The average molecular weight is 262 g/mol. The Morgan fingerprint density at radius 2 is 2.24 bits per heavy atom.